The molecule has 5 nitrogen and oxygen atoms in total. The highest BCUT2D eigenvalue weighted by atomic mass is 16.5. The second-order valence-electron chi connectivity index (χ2n) is 5.66. The molecule has 5 heteroatoms. The first-order valence-corrected chi connectivity index (χ1v) is 7.52. The Morgan fingerprint density at radius 2 is 2.20 bits per heavy atom. The van der Waals surface area contributed by atoms with Crippen LogP contribution in [0.3, 0.4) is 0 Å². The first kappa shape index (κ1) is 15.2. The average molecular weight is 278 g/mol. The lowest BCUT2D eigenvalue weighted by molar-refractivity contribution is -0.0534. The minimum absolute atomic E-state index is 0.286. The first-order valence-electron chi connectivity index (χ1n) is 7.52. The summed E-state index contributed by atoms with van der Waals surface area (Å²) in [6.07, 6.45) is 1.38. The lowest BCUT2D eigenvalue weighted by atomic mass is 10.2. The fraction of sp³-hybridized carbons (Fsp3) is 0.733. The number of aryl methyl sites for hydroxylation is 1. The smallest absolute Gasteiger partial charge is 0.144 e. The normalized spacial score (nSPS) is 23.8. The fourth-order valence-electron chi connectivity index (χ4n) is 2.42. The standard InChI is InChI=1S/C15H26N4O/c1-5-6-16-14-7-11(2)17-15(18-14)9-19-8-13(4)20-10-12(19)3/h7,12-13H,5-6,8-10H2,1-4H3,(H,16,17,18). The van der Waals surface area contributed by atoms with Gasteiger partial charge in [0.15, 0.2) is 0 Å². The van der Waals surface area contributed by atoms with Gasteiger partial charge in [0.25, 0.3) is 0 Å². The SMILES string of the molecule is CCCNc1cc(C)nc(CN2CC(C)OCC2C)n1. The molecule has 0 aliphatic carbocycles. The van der Waals surface area contributed by atoms with Crippen molar-refractivity contribution in [3.63, 3.8) is 0 Å². The highest BCUT2D eigenvalue weighted by molar-refractivity contribution is 5.35. The summed E-state index contributed by atoms with van der Waals surface area (Å²) in [5.74, 6) is 1.83. The summed E-state index contributed by atoms with van der Waals surface area (Å²) in [5, 5.41) is 3.34. The summed E-state index contributed by atoms with van der Waals surface area (Å²) in [4.78, 5) is 11.6. The topological polar surface area (TPSA) is 50.3 Å². The van der Waals surface area contributed by atoms with Crippen LogP contribution in [0.25, 0.3) is 0 Å². The van der Waals surface area contributed by atoms with Crippen LogP contribution in [0.15, 0.2) is 6.07 Å². The predicted octanol–water partition coefficient (Wildman–Crippen LogP) is 2.22. The van der Waals surface area contributed by atoms with Crippen LogP contribution < -0.4 is 5.32 Å². The van der Waals surface area contributed by atoms with E-state index in [1.807, 2.05) is 13.0 Å². The molecule has 0 saturated carbocycles. The van der Waals surface area contributed by atoms with E-state index in [0.29, 0.717) is 6.04 Å². The molecule has 0 aromatic carbocycles. The summed E-state index contributed by atoms with van der Waals surface area (Å²) in [6.45, 7) is 11.9. The molecule has 1 aliphatic rings. The predicted molar refractivity (Wildman–Crippen MR) is 80.8 cm³/mol. The fourth-order valence-corrected chi connectivity index (χ4v) is 2.42. The first-order chi connectivity index (χ1) is 9.58. The molecular weight excluding hydrogens is 252 g/mol. The largest absolute Gasteiger partial charge is 0.376 e. The van der Waals surface area contributed by atoms with Crippen molar-refractivity contribution in [1.29, 1.82) is 0 Å². The number of aromatic nitrogens is 2. The van der Waals surface area contributed by atoms with Crippen LogP contribution >= 0.6 is 0 Å². The van der Waals surface area contributed by atoms with Crippen molar-refractivity contribution < 1.29 is 4.74 Å². The van der Waals surface area contributed by atoms with Gasteiger partial charge in [-0.15, -0.1) is 0 Å². The van der Waals surface area contributed by atoms with E-state index in [1.54, 1.807) is 0 Å². The Balaban J connectivity index is 2.05. The third-order valence-corrected chi connectivity index (χ3v) is 3.54. The second-order valence-corrected chi connectivity index (χ2v) is 5.66. The van der Waals surface area contributed by atoms with E-state index in [0.717, 1.165) is 50.0 Å². The molecule has 2 rings (SSSR count). The molecule has 0 amide bonds. The summed E-state index contributed by atoms with van der Waals surface area (Å²) in [5.41, 5.74) is 1.02. The van der Waals surface area contributed by atoms with Gasteiger partial charge in [0.2, 0.25) is 0 Å². The molecule has 0 radical (unpaired) electrons. The number of nitrogens with one attached hydrogen (secondary N) is 1. The molecule has 1 saturated heterocycles. The molecular formula is C15H26N4O. The van der Waals surface area contributed by atoms with Crippen LogP contribution in [-0.4, -0.2) is 46.7 Å². The van der Waals surface area contributed by atoms with Crippen LogP contribution in [0, 0.1) is 6.92 Å². The Hall–Kier alpha value is -1.20. The third kappa shape index (κ3) is 4.15. The van der Waals surface area contributed by atoms with Gasteiger partial charge in [-0.25, -0.2) is 9.97 Å². The Morgan fingerprint density at radius 1 is 1.40 bits per heavy atom. The number of morpholine rings is 1. The highest BCUT2D eigenvalue weighted by Crippen LogP contribution is 2.15. The second kappa shape index (κ2) is 6.99. The van der Waals surface area contributed by atoms with Gasteiger partial charge in [-0.3, -0.25) is 4.90 Å². The van der Waals surface area contributed by atoms with Gasteiger partial charge >= 0.3 is 0 Å². The van der Waals surface area contributed by atoms with E-state index >= 15 is 0 Å². The number of anilines is 1. The van der Waals surface area contributed by atoms with Gasteiger partial charge in [0.1, 0.15) is 11.6 Å². The van der Waals surface area contributed by atoms with Gasteiger partial charge < -0.3 is 10.1 Å². The van der Waals surface area contributed by atoms with Crippen molar-refractivity contribution in [2.75, 3.05) is 25.0 Å². The third-order valence-electron chi connectivity index (χ3n) is 3.54. The van der Waals surface area contributed by atoms with E-state index in [9.17, 15) is 0 Å². The number of hydrogen-bond donors (Lipinski definition) is 1. The van der Waals surface area contributed by atoms with Crippen LogP contribution in [0.5, 0.6) is 0 Å². The highest BCUT2D eigenvalue weighted by Gasteiger charge is 2.24. The van der Waals surface area contributed by atoms with E-state index in [1.165, 1.54) is 0 Å². The van der Waals surface area contributed by atoms with Crippen molar-refractivity contribution in [2.45, 2.75) is 52.8 Å². The number of hydrogen-bond acceptors (Lipinski definition) is 5. The van der Waals surface area contributed by atoms with Gasteiger partial charge in [0, 0.05) is 30.9 Å². The van der Waals surface area contributed by atoms with Crippen LogP contribution in [-0.2, 0) is 11.3 Å². The Labute approximate surface area is 121 Å². The summed E-state index contributed by atoms with van der Waals surface area (Å²) < 4.78 is 5.66. The van der Waals surface area contributed by atoms with Crippen LogP contribution in [0.1, 0.15) is 38.7 Å². The van der Waals surface area contributed by atoms with Gasteiger partial charge in [-0.1, -0.05) is 6.92 Å². The van der Waals surface area contributed by atoms with Crippen molar-refractivity contribution in [3.8, 4) is 0 Å². The van der Waals surface area contributed by atoms with Crippen molar-refractivity contribution >= 4 is 5.82 Å². The summed E-state index contributed by atoms with van der Waals surface area (Å²) >= 11 is 0. The maximum absolute atomic E-state index is 5.66. The molecule has 1 N–H and O–H groups in total. The lowest BCUT2D eigenvalue weighted by Gasteiger charge is -2.36. The van der Waals surface area contributed by atoms with Crippen molar-refractivity contribution in [1.82, 2.24) is 14.9 Å². The Bertz CT molecular complexity index is 438. The Morgan fingerprint density at radius 3 is 2.95 bits per heavy atom. The Kier molecular flexibility index (Phi) is 5.31. The van der Waals surface area contributed by atoms with Crippen LogP contribution in [0.4, 0.5) is 5.82 Å². The molecule has 2 heterocycles. The zero-order chi connectivity index (χ0) is 14.5. The van der Waals surface area contributed by atoms with Gasteiger partial charge in [-0.2, -0.15) is 0 Å². The zero-order valence-electron chi connectivity index (χ0n) is 13.0. The maximum atomic E-state index is 5.66. The molecule has 0 spiro atoms. The lowest BCUT2D eigenvalue weighted by Crippen LogP contribution is -2.46. The quantitative estimate of drug-likeness (QED) is 0.895. The molecule has 1 aliphatic heterocycles. The number of ether oxygens (including phenoxy) is 1. The van der Waals surface area contributed by atoms with Crippen molar-refractivity contribution in [2.24, 2.45) is 0 Å². The number of nitrogens with zero attached hydrogens (tertiary/aromatic N) is 3. The van der Waals surface area contributed by atoms with Crippen molar-refractivity contribution in [3.05, 3.63) is 17.6 Å². The molecule has 2 unspecified atom stereocenters. The summed E-state index contributed by atoms with van der Waals surface area (Å²) in [6, 6.07) is 2.42. The molecule has 1 aromatic heterocycles. The minimum Gasteiger partial charge on any atom is -0.376 e. The van der Waals surface area contributed by atoms with E-state index in [4.69, 9.17) is 4.74 Å². The molecule has 112 valence electrons. The van der Waals surface area contributed by atoms with E-state index in [2.05, 4.69) is 41.0 Å². The molecule has 0 bridgehead atoms. The summed E-state index contributed by atoms with van der Waals surface area (Å²) in [7, 11) is 0. The zero-order valence-corrected chi connectivity index (χ0v) is 13.0. The van der Waals surface area contributed by atoms with Gasteiger partial charge in [0.05, 0.1) is 19.3 Å². The average Bonchev–Trinajstić information content (AvgIpc) is 2.40. The molecule has 2 atom stereocenters. The molecule has 1 aromatic rings. The minimum atomic E-state index is 0.286. The van der Waals surface area contributed by atoms with Crippen LogP contribution in [0.2, 0.25) is 0 Å². The molecule has 20 heavy (non-hydrogen) atoms. The van der Waals surface area contributed by atoms with E-state index in [-0.39, 0.29) is 6.10 Å². The monoisotopic (exact) mass is 278 g/mol. The van der Waals surface area contributed by atoms with Gasteiger partial charge in [-0.05, 0) is 27.2 Å². The molecule has 1 fully saturated rings. The maximum Gasteiger partial charge on any atom is 0.144 e. The van der Waals surface area contributed by atoms with E-state index < -0.39 is 0 Å². The number of rotatable bonds is 5.